The monoisotopic (exact) mass is 1970 g/mol. The maximum Gasteiger partial charge on any atom is 0.199 e. The Kier molecular flexibility index (Phi) is 65.8. The summed E-state index contributed by atoms with van der Waals surface area (Å²) in [5.74, 6) is 12.7. The van der Waals surface area contributed by atoms with Crippen LogP contribution in [-0.2, 0) is 23.7 Å². The summed E-state index contributed by atoms with van der Waals surface area (Å²) in [5, 5.41) is 45.1. The summed E-state index contributed by atoms with van der Waals surface area (Å²) in [6, 6.07) is 78.9. The number of hydrogen-bond donors (Lipinski definition) is 5. The molecule has 15 atom stereocenters. The first-order valence-electron chi connectivity index (χ1n) is 54.3. The van der Waals surface area contributed by atoms with Crippen LogP contribution in [0.2, 0.25) is 0 Å². The maximum absolute atomic E-state index is 9.01. The van der Waals surface area contributed by atoms with Crippen LogP contribution in [0.1, 0.15) is 431 Å². The zero-order valence-electron chi connectivity index (χ0n) is 93.7. The second kappa shape index (κ2) is 74.0. The third kappa shape index (κ3) is 54.7. The van der Waals surface area contributed by atoms with E-state index < -0.39 is 0 Å². The largest absolute Gasteiger partial charge is 0.508 e. The molecule has 1 aliphatic carbocycles. The van der Waals surface area contributed by atoms with Crippen LogP contribution >= 0.6 is 0 Å². The highest BCUT2D eigenvalue weighted by atomic mass is 16.7. The molecule has 15 unspecified atom stereocenters. The summed E-state index contributed by atoms with van der Waals surface area (Å²) in [6.07, 6.45) is 21.0. The fraction of sp³-hybridized carbons (Fsp3) is 0.531. The van der Waals surface area contributed by atoms with Crippen molar-refractivity contribution in [3.05, 3.63) is 298 Å². The van der Waals surface area contributed by atoms with E-state index in [-0.39, 0.29) is 37.6 Å². The molecule has 10 aromatic carbocycles. The lowest BCUT2D eigenvalue weighted by atomic mass is 9.98. The van der Waals surface area contributed by atoms with Crippen LogP contribution in [0.5, 0.6) is 57.5 Å². The minimum Gasteiger partial charge on any atom is -0.508 e. The molecule has 2 aliphatic rings. The number of phenols is 5. The number of hydrogen-bond acceptors (Lipinski definition) is 15. The lowest BCUT2D eigenvalue weighted by Gasteiger charge is -2.26. The standard InChI is InChI=1S/C18H28O2.C16H26O2.C15H22O2.C15H24O2.C14H22O2.5C10H14O/c1-4-14(2)16-10-12-18(13-11-16)20-15(3)19-17-8-6-5-7-9-17;1-6-13(4)15-7-9-16(10-8-15)18-14(5)17-11-12(2)3;1-3-12(2)13-7-9-14(10-8-13)17-15-6-4-5-11-16-15;1-6-12(4)14-7-9-15(10-8-14)17-13(5)16-11(2)3;1-5-11(3)13-7-9-14(10-8-13)16-12(4)15-6-2;5*1-3-8(2)9-4-6-10(11)7-5-9/h10-15,17H,4-9H2,1-3H3;7-10,12-14H,6,11H2,1-5H3;7-10,12,15H,3-6,11H2,1-2H3;7-13H,6H2,1-5H3;7-12H,5-6H2,1-4H3;5*4-8,11H,3H2,1-2H3. The third-order valence-electron chi connectivity index (χ3n) is 26.8. The molecule has 0 radical (unpaired) electrons. The average molecular weight is 1970 g/mol. The van der Waals surface area contributed by atoms with E-state index in [2.05, 4.69) is 237 Å². The number of aromatic hydroxyl groups is 5. The van der Waals surface area contributed by atoms with Crippen LogP contribution in [0.15, 0.2) is 243 Å². The number of ether oxygens (including phenoxy) is 10. The smallest absolute Gasteiger partial charge is 0.199 e. The fourth-order valence-corrected chi connectivity index (χ4v) is 15.0. The van der Waals surface area contributed by atoms with Crippen molar-refractivity contribution in [1.29, 1.82) is 0 Å². The van der Waals surface area contributed by atoms with Crippen molar-refractivity contribution >= 4 is 0 Å². The van der Waals surface area contributed by atoms with Crippen molar-refractivity contribution in [1.82, 2.24) is 0 Å². The van der Waals surface area contributed by atoms with Crippen LogP contribution in [0.4, 0.5) is 0 Å². The Balaban J connectivity index is 0.000000411. The molecular formula is C128H192O15. The van der Waals surface area contributed by atoms with Crippen molar-refractivity contribution in [3.8, 4) is 57.5 Å². The maximum atomic E-state index is 9.01. The van der Waals surface area contributed by atoms with E-state index in [0.29, 0.717) is 107 Å². The molecule has 10 aromatic rings. The summed E-state index contributed by atoms with van der Waals surface area (Å²) < 4.78 is 56.6. The van der Waals surface area contributed by atoms with Crippen molar-refractivity contribution < 1.29 is 72.9 Å². The van der Waals surface area contributed by atoms with E-state index in [1.54, 1.807) is 60.7 Å². The van der Waals surface area contributed by atoms with Gasteiger partial charge in [0.15, 0.2) is 31.5 Å². The van der Waals surface area contributed by atoms with Gasteiger partial charge in [-0.2, -0.15) is 0 Å². The van der Waals surface area contributed by atoms with Gasteiger partial charge in [-0.05, 0) is 380 Å². The Morgan fingerprint density at radius 2 is 0.462 bits per heavy atom. The van der Waals surface area contributed by atoms with Crippen LogP contribution < -0.4 is 23.7 Å². The Bertz CT molecular complexity index is 4410. The summed E-state index contributed by atoms with van der Waals surface area (Å²) >= 11 is 0. The predicted octanol–water partition coefficient (Wildman–Crippen LogP) is 36.8. The van der Waals surface area contributed by atoms with E-state index in [0.717, 1.165) is 106 Å². The highest BCUT2D eigenvalue weighted by molar-refractivity contribution is 5.36. The van der Waals surface area contributed by atoms with Gasteiger partial charge in [-0.15, -0.1) is 0 Å². The Morgan fingerprint density at radius 3 is 0.678 bits per heavy atom. The van der Waals surface area contributed by atoms with Crippen LogP contribution in [0.25, 0.3) is 0 Å². The van der Waals surface area contributed by atoms with Gasteiger partial charge in [0.1, 0.15) is 57.5 Å². The number of phenolic OH excluding ortho intramolecular Hbond substituents is 5. The lowest BCUT2D eigenvalue weighted by Crippen LogP contribution is -2.26. The number of rotatable bonds is 39. The molecule has 15 nitrogen and oxygen atoms in total. The topological polar surface area (TPSA) is 193 Å². The molecule has 0 amide bonds. The van der Waals surface area contributed by atoms with E-state index in [9.17, 15) is 0 Å². The first kappa shape index (κ1) is 127. The fourth-order valence-electron chi connectivity index (χ4n) is 15.0. The minimum absolute atomic E-state index is 0.0433. The normalized spacial score (nSPS) is 15.5. The van der Waals surface area contributed by atoms with Crippen molar-refractivity contribution in [2.75, 3.05) is 19.8 Å². The molecule has 143 heavy (non-hydrogen) atoms. The molecule has 1 saturated carbocycles. The molecule has 1 saturated heterocycles. The highest BCUT2D eigenvalue weighted by Gasteiger charge is 2.20. The van der Waals surface area contributed by atoms with Crippen LogP contribution in [-0.4, -0.2) is 89.0 Å². The lowest BCUT2D eigenvalue weighted by molar-refractivity contribution is -0.116. The Morgan fingerprint density at radius 1 is 0.245 bits per heavy atom. The quantitative estimate of drug-likeness (QED) is 0.0228. The molecule has 794 valence electrons. The van der Waals surface area contributed by atoms with Gasteiger partial charge in [-0.1, -0.05) is 293 Å². The van der Waals surface area contributed by atoms with Gasteiger partial charge in [-0.25, -0.2) is 0 Å². The first-order chi connectivity index (χ1) is 68.4. The number of benzene rings is 10. The van der Waals surface area contributed by atoms with Gasteiger partial charge in [0.05, 0.1) is 25.4 Å². The van der Waals surface area contributed by atoms with E-state index >= 15 is 0 Å². The minimum atomic E-state index is -0.204. The summed E-state index contributed by atoms with van der Waals surface area (Å²) in [7, 11) is 0. The molecular weight excluding hydrogens is 1780 g/mol. The van der Waals surface area contributed by atoms with E-state index in [1.807, 2.05) is 146 Å². The second-order valence-corrected chi connectivity index (χ2v) is 39.3. The average Bonchev–Trinajstić information content (AvgIpc) is 0.828. The van der Waals surface area contributed by atoms with Gasteiger partial charge in [0.25, 0.3) is 0 Å². The van der Waals surface area contributed by atoms with E-state index in [1.165, 1.54) is 107 Å². The van der Waals surface area contributed by atoms with Gasteiger partial charge >= 0.3 is 0 Å². The zero-order valence-corrected chi connectivity index (χ0v) is 93.7. The molecule has 2 fully saturated rings. The molecule has 0 bridgehead atoms. The summed E-state index contributed by atoms with van der Waals surface area (Å²) in [6.45, 7) is 64.2. The van der Waals surface area contributed by atoms with Gasteiger partial charge in [-0.3, -0.25) is 0 Å². The Hall–Kier alpha value is -10.0. The zero-order chi connectivity index (χ0) is 106. The predicted molar refractivity (Wildman–Crippen MR) is 601 cm³/mol. The second-order valence-electron chi connectivity index (χ2n) is 39.3. The van der Waals surface area contributed by atoms with Gasteiger partial charge in [0.2, 0.25) is 0 Å². The highest BCUT2D eigenvalue weighted by Crippen LogP contribution is 2.33. The van der Waals surface area contributed by atoms with Crippen molar-refractivity contribution in [2.24, 2.45) is 5.92 Å². The summed E-state index contributed by atoms with van der Waals surface area (Å²) in [4.78, 5) is 0. The molecule has 0 aromatic heterocycles. The van der Waals surface area contributed by atoms with Crippen LogP contribution in [0, 0.1) is 5.92 Å². The summed E-state index contributed by atoms with van der Waals surface area (Å²) in [5.41, 5.74) is 13.3. The molecule has 15 heteroatoms. The molecule has 5 N–H and O–H groups in total. The van der Waals surface area contributed by atoms with Gasteiger partial charge < -0.3 is 72.9 Å². The van der Waals surface area contributed by atoms with Crippen molar-refractivity contribution in [2.45, 2.75) is 419 Å². The first-order valence-corrected chi connectivity index (χ1v) is 54.3. The molecule has 0 spiro atoms. The molecule has 12 rings (SSSR count). The molecule has 1 aliphatic heterocycles. The van der Waals surface area contributed by atoms with E-state index in [4.69, 9.17) is 72.9 Å². The SMILES string of the molecule is CCC(C)c1ccc(O)cc1.CCC(C)c1ccc(O)cc1.CCC(C)c1ccc(O)cc1.CCC(C)c1ccc(O)cc1.CCC(C)c1ccc(O)cc1.CCC(C)c1ccc(OC(C)OC(C)C)cc1.CCC(C)c1ccc(OC(C)OC2CCCCC2)cc1.CCC(C)c1ccc(OC(C)OCC(C)C)cc1.CCC(C)c1ccc(OC2CCCCO2)cc1.CCOC(C)Oc1ccc(C(C)CC)cc1. The third-order valence-corrected chi connectivity index (χ3v) is 26.8. The van der Waals surface area contributed by atoms with Crippen molar-refractivity contribution in [3.63, 3.8) is 0 Å². The Labute approximate surface area is 868 Å². The van der Waals surface area contributed by atoms with Gasteiger partial charge in [0, 0.05) is 13.0 Å². The van der Waals surface area contributed by atoms with Crippen LogP contribution in [0.3, 0.4) is 0 Å². The molecule has 1 heterocycles.